The molecular weight excluding hydrogens is 560 g/mol. The van der Waals surface area contributed by atoms with Crippen LogP contribution in [0.25, 0.3) is 16.6 Å². The van der Waals surface area contributed by atoms with E-state index in [4.69, 9.17) is 19.9 Å². The standard InChI is InChI=1S/C30H31BrN4O4/c1-18-15-22(19(2)34(18)24-10-12-25(13-11-24)39-20(3)30(37)38)17-32-35-28(21-7-5-4-6-8-21)33-27-14-9-23(31)16-26(27)29(35)36/h9-17,20-21H,4-8H2,1-3H3,(H,37,38)/t20-/m0/s1. The van der Waals surface area contributed by atoms with Crippen molar-refractivity contribution >= 4 is 39.0 Å². The molecular formula is C30H31BrN4O4. The number of halogens is 1. The number of ether oxygens (including phenoxy) is 1. The quantitative estimate of drug-likeness (QED) is 0.253. The summed E-state index contributed by atoms with van der Waals surface area (Å²) in [7, 11) is 0. The number of nitrogens with zero attached hydrogens (tertiary/aromatic N) is 4. The van der Waals surface area contributed by atoms with Crippen LogP contribution in [0.5, 0.6) is 5.75 Å². The molecule has 0 radical (unpaired) electrons. The number of rotatable bonds is 7. The molecule has 0 spiro atoms. The van der Waals surface area contributed by atoms with E-state index in [1.54, 1.807) is 24.4 Å². The molecule has 2 aromatic heterocycles. The maximum absolute atomic E-state index is 13.6. The monoisotopic (exact) mass is 590 g/mol. The van der Waals surface area contributed by atoms with Crippen LogP contribution in [-0.2, 0) is 4.79 Å². The first-order valence-corrected chi connectivity index (χ1v) is 14.0. The molecule has 1 aliphatic rings. The van der Waals surface area contributed by atoms with Gasteiger partial charge in [-0.3, -0.25) is 4.79 Å². The van der Waals surface area contributed by atoms with Crippen LogP contribution in [0.3, 0.4) is 0 Å². The lowest BCUT2D eigenvalue weighted by atomic mass is 9.88. The third-order valence-electron chi connectivity index (χ3n) is 7.34. The Labute approximate surface area is 235 Å². The molecule has 0 saturated heterocycles. The molecule has 9 heteroatoms. The van der Waals surface area contributed by atoms with Crippen LogP contribution in [0.1, 0.15) is 67.7 Å². The molecule has 0 bridgehead atoms. The van der Waals surface area contributed by atoms with Gasteiger partial charge in [-0.15, -0.1) is 0 Å². The number of aliphatic carboxylic acids is 1. The number of carboxylic acids is 1. The minimum Gasteiger partial charge on any atom is -0.479 e. The van der Waals surface area contributed by atoms with E-state index in [-0.39, 0.29) is 11.5 Å². The molecule has 1 N–H and O–H groups in total. The molecule has 4 aromatic rings. The molecule has 202 valence electrons. The average Bonchev–Trinajstić information content (AvgIpc) is 3.21. The normalized spacial score (nSPS) is 15.2. The summed E-state index contributed by atoms with van der Waals surface area (Å²) in [6.45, 7) is 5.51. The van der Waals surface area contributed by atoms with Gasteiger partial charge in [-0.1, -0.05) is 35.2 Å². The highest BCUT2D eigenvalue weighted by Gasteiger charge is 2.23. The lowest BCUT2D eigenvalue weighted by molar-refractivity contribution is -0.144. The zero-order chi connectivity index (χ0) is 27.7. The smallest absolute Gasteiger partial charge is 0.344 e. The lowest BCUT2D eigenvalue weighted by Gasteiger charge is -2.22. The predicted octanol–water partition coefficient (Wildman–Crippen LogP) is 6.35. The highest BCUT2D eigenvalue weighted by molar-refractivity contribution is 9.10. The minimum atomic E-state index is -1.01. The number of hydrogen-bond acceptors (Lipinski definition) is 5. The number of hydrogen-bond donors (Lipinski definition) is 1. The van der Waals surface area contributed by atoms with Crippen LogP contribution >= 0.6 is 15.9 Å². The van der Waals surface area contributed by atoms with Crippen LogP contribution in [0.15, 0.2) is 62.9 Å². The van der Waals surface area contributed by atoms with Gasteiger partial charge in [0.15, 0.2) is 6.10 Å². The molecule has 0 unspecified atom stereocenters. The maximum atomic E-state index is 13.6. The number of carbonyl (C=O) groups is 1. The first-order valence-electron chi connectivity index (χ1n) is 13.2. The number of carboxylic acid groups (broad SMARTS) is 1. The zero-order valence-electron chi connectivity index (χ0n) is 22.2. The second-order valence-electron chi connectivity index (χ2n) is 10.1. The molecule has 0 amide bonds. The summed E-state index contributed by atoms with van der Waals surface area (Å²) < 4.78 is 9.87. The van der Waals surface area contributed by atoms with E-state index >= 15 is 0 Å². The van der Waals surface area contributed by atoms with Crippen molar-refractivity contribution in [2.75, 3.05) is 0 Å². The van der Waals surface area contributed by atoms with Gasteiger partial charge in [0.25, 0.3) is 5.56 Å². The Morgan fingerprint density at radius 1 is 1.13 bits per heavy atom. The Kier molecular flexibility index (Phi) is 7.70. The molecule has 5 rings (SSSR count). The Hall–Kier alpha value is -3.72. The Morgan fingerprint density at radius 2 is 1.85 bits per heavy atom. The largest absolute Gasteiger partial charge is 0.479 e. The van der Waals surface area contributed by atoms with Crippen LogP contribution in [0, 0.1) is 13.8 Å². The zero-order valence-corrected chi connectivity index (χ0v) is 23.8. The summed E-state index contributed by atoms with van der Waals surface area (Å²) in [6, 6.07) is 14.9. The van der Waals surface area contributed by atoms with E-state index in [0.717, 1.165) is 58.6 Å². The summed E-state index contributed by atoms with van der Waals surface area (Å²) in [4.78, 5) is 29.6. The van der Waals surface area contributed by atoms with E-state index in [1.165, 1.54) is 18.0 Å². The fourth-order valence-corrected chi connectivity index (χ4v) is 5.63. The molecule has 1 aliphatic carbocycles. The highest BCUT2D eigenvalue weighted by atomic mass is 79.9. The van der Waals surface area contributed by atoms with Crippen molar-refractivity contribution in [1.29, 1.82) is 0 Å². The molecule has 1 atom stereocenters. The third-order valence-corrected chi connectivity index (χ3v) is 7.84. The first-order chi connectivity index (χ1) is 18.7. The predicted molar refractivity (Wildman–Crippen MR) is 155 cm³/mol. The summed E-state index contributed by atoms with van der Waals surface area (Å²) in [6.07, 6.45) is 6.28. The van der Waals surface area contributed by atoms with Gasteiger partial charge in [-0.05, 0) is 82.1 Å². The molecule has 1 saturated carbocycles. The van der Waals surface area contributed by atoms with Gasteiger partial charge in [0.1, 0.15) is 11.6 Å². The van der Waals surface area contributed by atoms with Gasteiger partial charge < -0.3 is 14.4 Å². The summed E-state index contributed by atoms with van der Waals surface area (Å²) >= 11 is 3.48. The number of fused-ring (bicyclic) bond motifs is 1. The van der Waals surface area contributed by atoms with E-state index in [1.807, 2.05) is 44.2 Å². The van der Waals surface area contributed by atoms with Crippen molar-refractivity contribution in [2.24, 2.45) is 5.10 Å². The number of aromatic nitrogens is 3. The molecule has 39 heavy (non-hydrogen) atoms. The second kappa shape index (κ2) is 11.2. The van der Waals surface area contributed by atoms with Crippen molar-refractivity contribution in [2.45, 2.75) is 64.9 Å². The minimum absolute atomic E-state index is 0.168. The van der Waals surface area contributed by atoms with Gasteiger partial charge in [0.05, 0.1) is 17.1 Å². The van der Waals surface area contributed by atoms with Crippen molar-refractivity contribution in [3.8, 4) is 11.4 Å². The average molecular weight is 592 g/mol. The van der Waals surface area contributed by atoms with E-state index in [2.05, 4.69) is 20.5 Å². The van der Waals surface area contributed by atoms with Crippen LogP contribution in [0.2, 0.25) is 0 Å². The summed E-state index contributed by atoms with van der Waals surface area (Å²) in [5.41, 5.74) is 4.30. The Morgan fingerprint density at radius 3 is 2.54 bits per heavy atom. The van der Waals surface area contributed by atoms with Gasteiger partial charge in [-0.25, -0.2) is 9.78 Å². The van der Waals surface area contributed by atoms with E-state index < -0.39 is 12.1 Å². The maximum Gasteiger partial charge on any atom is 0.344 e. The van der Waals surface area contributed by atoms with Crippen molar-refractivity contribution in [3.63, 3.8) is 0 Å². The Bertz CT molecular complexity index is 1610. The van der Waals surface area contributed by atoms with E-state index in [9.17, 15) is 9.59 Å². The van der Waals surface area contributed by atoms with Gasteiger partial charge in [0, 0.05) is 33.0 Å². The van der Waals surface area contributed by atoms with Crippen LogP contribution in [-0.4, -0.2) is 37.6 Å². The van der Waals surface area contributed by atoms with E-state index in [0.29, 0.717) is 16.7 Å². The van der Waals surface area contributed by atoms with Gasteiger partial charge in [0.2, 0.25) is 0 Å². The van der Waals surface area contributed by atoms with Gasteiger partial charge >= 0.3 is 5.97 Å². The lowest BCUT2D eigenvalue weighted by Crippen LogP contribution is -2.25. The number of aryl methyl sites for hydroxylation is 1. The van der Waals surface area contributed by atoms with Crippen molar-refractivity contribution in [3.05, 3.63) is 86.1 Å². The Balaban J connectivity index is 1.51. The molecule has 0 aliphatic heterocycles. The number of benzene rings is 2. The highest BCUT2D eigenvalue weighted by Crippen LogP contribution is 2.32. The van der Waals surface area contributed by atoms with Crippen molar-refractivity contribution in [1.82, 2.24) is 14.2 Å². The third kappa shape index (κ3) is 5.54. The topological polar surface area (TPSA) is 98.7 Å². The fourth-order valence-electron chi connectivity index (χ4n) is 5.27. The molecule has 2 heterocycles. The SMILES string of the molecule is Cc1cc(C=Nn2c(C3CCCCC3)nc3ccc(Br)cc3c2=O)c(C)n1-c1ccc(O[C@@H](C)C(=O)O)cc1. The van der Waals surface area contributed by atoms with Crippen LogP contribution in [0.4, 0.5) is 0 Å². The van der Waals surface area contributed by atoms with Crippen molar-refractivity contribution < 1.29 is 14.6 Å². The summed E-state index contributed by atoms with van der Waals surface area (Å²) in [5, 5.41) is 14.3. The summed E-state index contributed by atoms with van der Waals surface area (Å²) in [5.74, 6) is 0.405. The molecule has 1 fully saturated rings. The van der Waals surface area contributed by atoms with Crippen LogP contribution < -0.4 is 10.3 Å². The van der Waals surface area contributed by atoms with Gasteiger partial charge in [-0.2, -0.15) is 9.78 Å². The molecule has 2 aromatic carbocycles. The first kappa shape index (κ1) is 26.9. The fraction of sp³-hybridized carbons (Fsp3) is 0.333. The molecule has 8 nitrogen and oxygen atoms in total. The second-order valence-corrected chi connectivity index (χ2v) is 11.0.